The molecule has 0 aliphatic carbocycles. The zero-order valence-electron chi connectivity index (χ0n) is 12.4. The molecule has 116 valence electrons. The minimum Gasteiger partial charge on any atom is -0.466 e. The lowest BCUT2D eigenvalue weighted by atomic mass is 9.97. The number of nitrogens with zero attached hydrogens (tertiary/aromatic N) is 2. The van der Waals surface area contributed by atoms with Crippen molar-refractivity contribution in [3.8, 4) is 0 Å². The summed E-state index contributed by atoms with van der Waals surface area (Å²) in [6.07, 6.45) is 3.39. The molecule has 0 aromatic carbocycles. The molecule has 1 aromatic rings. The number of carbonyl (C=O) groups excluding carboxylic acids is 2. The van der Waals surface area contributed by atoms with Gasteiger partial charge in [0.15, 0.2) is 5.13 Å². The van der Waals surface area contributed by atoms with Gasteiger partial charge in [0.1, 0.15) is 0 Å². The Balaban J connectivity index is 1.90. The number of piperidine rings is 1. The third-order valence-electron chi connectivity index (χ3n) is 3.66. The predicted octanol–water partition coefficient (Wildman–Crippen LogP) is 1.75. The molecule has 2 rings (SSSR count). The average molecular weight is 311 g/mol. The van der Waals surface area contributed by atoms with Crippen LogP contribution in [0.15, 0.2) is 11.6 Å². The number of carbonyl (C=O) groups is 2. The van der Waals surface area contributed by atoms with Crippen LogP contribution >= 0.6 is 11.3 Å². The van der Waals surface area contributed by atoms with Crippen molar-refractivity contribution in [3.05, 3.63) is 11.6 Å². The van der Waals surface area contributed by atoms with E-state index in [0.29, 0.717) is 18.3 Å². The van der Waals surface area contributed by atoms with Gasteiger partial charge in [-0.3, -0.25) is 14.5 Å². The summed E-state index contributed by atoms with van der Waals surface area (Å²) in [5.41, 5.74) is 0. The summed E-state index contributed by atoms with van der Waals surface area (Å²) in [5, 5.41) is 5.22. The third kappa shape index (κ3) is 4.25. The van der Waals surface area contributed by atoms with Crippen LogP contribution in [0.3, 0.4) is 0 Å². The second-order valence-corrected chi connectivity index (χ2v) is 5.98. The van der Waals surface area contributed by atoms with Crippen LogP contribution in [-0.4, -0.2) is 47.5 Å². The smallest absolute Gasteiger partial charge is 0.310 e. The van der Waals surface area contributed by atoms with Crippen LogP contribution in [0.5, 0.6) is 0 Å². The lowest BCUT2D eigenvalue weighted by Crippen LogP contribution is -2.48. The Hall–Kier alpha value is -1.47. The largest absolute Gasteiger partial charge is 0.466 e. The molecular formula is C14H21N3O3S. The summed E-state index contributed by atoms with van der Waals surface area (Å²) in [7, 11) is 0. The van der Waals surface area contributed by atoms with Gasteiger partial charge in [-0.15, -0.1) is 11.3 Å². The average Bonchev–Trinajstić information content (AvgIpc) is 2.99. The molecular weight excluding hydrogens is 290 g/mol. The van der Waals surface area contributed by atoms with Crippen molar-refractivity contribution in [1.82, 2.24) is 9.88 Å². The van der Waals surface area contributed by atoms with E-state index in [2.05, 4.69) is 10.3 Å². The molecule has 2 heterocycles. The van der Waals surface area contributed by atoms with Crippen LogP contribution < -0.4 is 5.32 Å². The van der Waals surface area contributed by atoms with Crippen molar-refractivity contribution in [1.29, 1.82) is 0 Å². The molecule has 1 aliphatic heterocycles. The Kier molecular flexibility index (Phi) is 5.69. The number of ether oxygens (including phenoxy) is 1. The minimum absolute atomic E-state index is 0.0885. The number of thiazole rings is 1. The maximum Gasteiger partial charge on any atom is 0.310 e. The van der Waals surface area contributed by atoms with Crippen LogP contribution in [0.25, 0.3) is 0 Å². The van der Waals surface area contributed by atoms with E-state index in [0.717, 1.165) is 19.4 Å². The molecule has 0 saturated carbocycles. The van der Waals surface area contributed by atoms with Gasteiger partial charge in [0.05, 0.1) is 18.6 Å². The summed E-state index contributed by atoms with van der Waals surface area (Å²) in [4.78, 5) is 30.1. The quantitative estimate of drug-likeness (QED) is 0.839. The van der Waals surface area contributed by atoms with E-state index in [4.69, 9.17) is 4.74 Å². The van der Waals surface area contributed by atoms with Gasteiger partial charge in [0.2, 0.25) is 5.91 Å². The summed E-state index contributed by atoms with van der Waals surface area (Å²) >= 11 is 1.39. The van der Waals surface area contributed by atoms with Crippen LogP contribution in [0.1, 0.15) is 26.7 Å². The van der Waals surface area contributed by atoms with Crippen LogP contribution in [0.4, 0.5) is 5.13 Å². The first-order valence-electron chi connectivity index (χ1n) is 7.22. The van der Waals surface area contributed by atoms with Crippen molar-refractivity contribution in [2.24, 2.45) is 5.92 Å². The number of likely N-dealkylation sites (tertiary alicyclic amines) is 1. The fourth-order valence-corrected chi connectivity index (χ4v) is 3.00. The van der Waals surface area contributed by atoms with Gasteiger partial charge in [-0.25, -0.2) is 4.98 Å². The normalized spacial score (nSPS) is 20.8. The van der Waals surface area contributed by atoms with Gasteiger partial charge >= 0.3 is 5.97 Å². The van der Waals surface area contributed by atoms with E-state index in [9.17, 15) is 9.59 Å². The minimum atomic E-state index is -0.286. The Morgan fingerprint density at radius 2 is 2.43 bits per heavy atom. The molecule has 1 saturated heterocycles. The molecule has 1 aliphatic rings. The molecule has 0 unspecified atom stereocenters. The lowest BCUT2D eigenvalue weighted by molar-refractivity contribution is -0.150. The molecule has 2 atom stereocenters. The monoisotopic (exact) mass is 311 g/mol. The number of esters is 1. The molecule has 1 amide bonds. The maximum atomic E-state index is 12.2. The number of anilines is 1. The molecule has 21 heavy (non-hydrogen) atoms. The maximum absolute atomic E-state index is 12.2. The zero-order chi connectivity index (χ0) is 15.2. The molecule has 1 aromatic heterocycles. The van der Waals surface area contributed by atoms with Crippen molar-refractivity contribution >= 4 is 28.3 Å². The number of hydrogen-bond acceptors (Lipinski definition) is 6. The van der Waals surface area contributed by atoms with Gasteiger partial charge < -0.3 is 10.1 Å². The summed E-state index contributed by atoms with van der Waals surface area (Å²) in [6.45, 7) is 5.46. The highest BCUT2D eigenvalue weighted by molar-refractivity contribution is 7.13. The summed E-state index contributed by atoms with van der Waals surface area (Å²) in [6, 6.07) is -0.286. The molecule has 6 nitrogen and oxygen atoms in total. The first kappa shape index (κ1) is 15.9. The van der Waals surface area contributed by atoms with Gasteiger partial charge in [0.25, 0.3) is 0 Å². The van der Waals surface area contributed by atoms with E-state index in [1.165, 1.54) is 11.3 Å². The van der Waals surface area contributed by atoms with Crippen LogP contribution in [-0.2, 0) is 14.3 Å². The number of amides is 1. The topological polar surface area (TPSA) is 71.5 Å². The molecule has 1 fully saturated rings. The van der Waals surface area contributed by atoms with Crippen molar-refractivity contribution < 1.29 is 14.3 Å². The van der Waals surface area contributed by atoms with Gasteiger partial charge in [0, 0.05) is 18.1 Å². The highest BCUT2D eigenvalue weighted by atomic mass is 32.1. The standard InChI is InChI=1S/C14H21N3O3S/c1-3-20-13(19)11-5-4-7-17(9-11)10(2)12(18)16-14-15-6-8-21-14/h6,8,10-11H,3-5,7,9H2,1-2H3,(H,15,16,18)/t10-,11-/m0/s1. The second kappa shape index (κ2) is 7.51. The predicted molar refractivity (Wildman–Crippen MR) is 81.1 cm³/mol. The second-order valence-electron chi connectivity index (χ2n) is 5.09. The molecule has 0 radical (unpaired) electrons. The fourth-order valence-electron chi connectivity index (χ4n) is 2.47. The number of aromatic nitrogens is 1. The number of rotatable bonds is 5. The molecule has 0 bridgehead atoms. The Labute approximate surface area is 128 Å². The first-order valence-corrected chi connectivity index (χ1v) is 8.10. The van der Waals surface area contributed by atoms with E-state index in [1.54, 1.807) is 6.20 Å². The highest BCUT2D eigenvalue weighted by Crippen LogP contribution is 2.20. The Morgan fingerprint density at radius 3 is 3.10 bits per heavy atom. The molecule has 7 heteroatoms. The van der Waals surface area contributed by atoms with Gasteiger partial charge in [-0.1, -0.05) is 0 Å². The highest BCUT2D eigenvalue weighted by Gasteiger charge is 2.31. The Bertz CT molecular complexity index is 478. The van der Waals surface area contributed by atoms with Gasteiger partial charge in [-0.05, 0) is 33.2 Å². The number of hydrogen-bond donors (Lipinski definition) is 1. The fraction of sp³-hybridized carbons (Fsp3) is 0.643. The van der Waals surface area contributed by atoms with E-state index in [1.807, 2.05) is 24.1 Å². The Morgan fingerprint density at radius 1 is 1.62 bits per heavy atom. The van der Waals surface area contributed by atoms with E-state index >= 15 is 0 Å². The van der Waals surface area contributed by atoms with E-state index in [-0.39, 0.29) is 23.8 Å². The zero-order valence-corrected chi connectivity index (χ0v) is 13.2. The van der Waals surface area contributed by atoms with Crippen molar-refractivity contribution in [2.45, 2.75) is 32.7 Å². The third-order valence-corrected chi connectivity index (χ3v) is 4.35. The van der Waals surface area contributed by atoms with Crippen molar-refractivity contribution in [3.63, 3.8) is 0 Å². The van der Waals surface area contributed by atoms with Crippen LogP contribution in [0, 0.1) is 5.92 Å². The molecule has 0 spiro atoms. The summed E-state index contributed by atoms with van der Waals surface area (Å²) in [5.74, 6) is -0.377. The van der Waals surface area contributed by atoms with Gasteiger partial charge in [-0.2, -0.15) is 0 Å². The number of nitrogens with one attached hydrogen (secondary N) is 1. The van der Waals surface area contributed by atoms with Crippen LogP contribution in [0.2, 0.25) is 0 Å². The SMILES string of the molecule is CCOC(=O)[C@H]1CCCN([C@@H](C)C(=O)Nc2nccs2)C1. The first-order chi connectivity index (χ1) is 10.1. The lowest BCUT2D eigenvalue weighted by Gasteiger charge is -2.34. The summed E-state index contributed by atoms with van der Waals surface area (Å²) < 4.78 is 5.08. The van der Waals surface area contributed by atoms with E-state index < -0.39 is 0 Å². The molecule has 1 N–H and O–H groups in total. The van der Waals surface area contributed by atoms with Crippen molar-refractivity contribution in [2.75, 3.05) is 25.0 Å².